The standard InChI is InChI=1S/C23H15F2N7O2/c24-13-4-5-15-17(10-13)31(12-28-15)22-27-11-18-21(29-22)32(23(33)30(18)8-7-26)16-6-9-34-19-3-1-2-14(25)20(16)19/h1-5,10-12,16H,6,8-9H2/t16-/m1/s1. The van der Waals surface area contributed by atoms with E-state index in [1.165, 1.54) is 44.4 Å². The number of nitrogens with zero attached hydrogens (tertiary/aromatic N) is 7. The summed E-state index contributed by atoms with van der Waals surface area (Å²) in [6.45, 7) is 0.0550. The Hall–Kier alpha value is -4.59. The van der Waals surface area contributed by atoms with E-state index in [4.69, 9.17) is 4.74 Å². The zero-order chi connectivity index (χ0) is 23.4. The van der Waals surface area contributed by atoms with Gasteiger partial charge in [0.25, 0.3) is 0 Å². The van der Waals surface area contributed by atoms with Gasteiger partial charge in [-0.1, -0.05) is 6.07 Å². The first-order valence-electron chi connectivity index (χ1n) is 10.5. The first-order chi connectivity index (χ1) is 16.6. The third-order valence-electron chi connectivity index (χ3n) is 5.95. The molecule has 0 unspecified atom stereocenters. The minimum Gasteiger partial charge on any atom is -0.493 e. The smallest absolute Gasteiger partial charge is 0.331 e. The third kappa shape index (κ3) is 2.88. The Bertz CT molecular complexity index is 1700. The van der Waals surface area contributed by atoms with Crippen LogP contribution >= 0.6 is 0 Å². The molecule has 0 amide bonds. The van der Waals surface area contributed by atoms with Crippen molar-refractivity contribution >= 4 is 22.2 Å². The van der Waals surface area contributed by atoms with Crippen molar-refractivity contribution in [1.82, 2.24) is 28.7 Å². The molecular formula is C23H15F2N7O2. The van der Waals surface area contributed by atoms with Gasteiger partial charge in [0.2, 0.25) is 5.95 Å². The summed E-state index contributed by atoms with van der Waals surface area (Å²) in [5.74, 6) is -0.429. The molecule has 3 aromatic heterocycles. The van der Waals surface area contributed by atoms with E-state index in [0.717, 1.165) is 0 Å². The van der Waals surface area contributed by atoms with Gasteiger partial charge in [0.1, 0.15) is 35.8 Å². The summed E-state index contributed by atoms with van der Waals surface area (Å²) in [4.78, 5) is 26.6. The molecule has 6 rings (SSSR count). The Morgan fingerprint density at radius 3 is 2.91 bits per heavy atom. The van der Waals surface area contributed by atoms with Crippen LogP contribution in [0.4, 0.5) is 8.78 Å². The van der Waals surface area contributed by atoms with Gasteiger partial charge >= 0.3 is 5.69 Å². The second-order valence-corrected chi connectivity index (χ2v) is 7.83. The Kier molecular flexibility index (Phi) is 4.41. The molecule has 1 aliphatic heterocycles. The van der Waals surface area contributed by atoms with Crippen molar-refractivity contribution < 1.29 is 13.5 Å². The quantitative estimate of drug-likeness (QED) is 0.411. The van der Waals surface area contributed by atoms with Gasteiger partial charge in [0.15, 0.2) is 5.65 Å². The predicted molar refractivity (Wildman–Crippen MR) is 117 cm³/mol. The molecule has 0 bridgehead atoms. The van der Waals surface area contributed by atoms with E-state index in [0.29, 0.717) is 28.7 Å². The summed E-state index contributed by atoms with van der Waals surface area (Å²) in [6.07, 6.45) is 3.22. The number of aromatic nitrogens is 6. The van der Waals surface area contributed by atoms with E-state index >= 15 is 0 Å². The lowest BCUT2D eigenvalue weighted by atomic mass is 9.99. The molecule has 1 atom stereocenters. The molecule has 9 nitrogen and oxygen atoms in total. The Labute approximate surface area is 190 Å². The second kappa shape index (κ2) is 7.48. The van der Waals surface area contributed by atoms with Crippen LogP contribution < -0.4 is 10.4 Å². The fraction of sp³-hybridized carbons (Fsp3) is 0.174. The molecular weight excluding hydrogens is 444 g/mol. The molecule has 0 saturated carbocycles. The predicted octanol–water partition coefficient (Wildman–Crippen LogP) is 3.11. The number of fused-ring (bicyclic) bond motifs is 3. The summed E-state index contributed by atoms with van der Waals surface area (Å²) >= 11 is 0. The lowest BCUT2D eigenvalue weighted by Crippen LogP contribution is -2.31. The number of hydrogen-bond acceptors (Lipinski definition) is 6. The van der Waals surface area contributed by atoms with Crippen LogP contribution in [-0.4, -0.2) is 35.3 Å². The van der Waals surface area contributed by atoms with Crippen molar-refractivity contribution in [1.29, 1.82) is 5.26 Å². The van der Waals surface area contributed by atoms with Gasteiger partial charge in [0.05, 0.1) is 41.5 Å². The maximum absolute atomic E-state index is 14.9. The average Bonchev–Trinajstić information content (AvgIpc) is 3.37. The van der Waals surface area contributed by atoms with Crippen LogP contribution in [0.25, 0.3) is 28.1 Å². The van der Waals surface area contributed by atoms with E-state index in [-0.39, 0.29) is 30.3 Å². The largest absolute Gasteiger partial charge is 0.493 e. The molecule has 0 N–H and O–H groups in total. The lowest BCUT2D eigenvalue weighted by Gasteiger charge is -2.27. The lowest BCUT2D eigenvalue weighted by molar-refractivity contribution is 0.250. The van der Waals surface area contributed by atoms with E-state index < -0.39 is 23.4 Å². The highest BCUT2D eigenvalue weighted by Crippen LogP contribution is 2.37. The first kappa shape index (κ1) is 20.0. The second-order valence-electron chi connectivity index (χ2n) is 7.83. The Morgan fingerprint density at radius 1 is 1.18 bits per heavy atom. The molecule has 34 heavy (non-hydrogen) atoms. The summed E-state index contributed by atoms with van der Waals surface area (Å²) < 4.78 is 38.5. The molecule has 2 aromatic carbocycles. The molecule has 0 aliphatic carbocycles. The maximum Gasteiger partial charge on any atom is 0.331 e. The van der Waals surface area contributed by atoms with Crippen LogP contribution in [0, 0.1) is 23.0 Å². The van der Waals surface area contributed by atoms with Crippen molar-refractivity contribution in [3.8, 4) is 17.8 Å². The van der Waals surface area contributed by atoms with Crippen LogP contribution in [0.2, 0.25) is 0 Å². The average molecular weight is 459 g/mol. The SMILES string of the molecule is N#CCn1c(=O)n([C@@H]2CCOc3cccc(F)c32)c2nc(-n3cnc4ccc(F)cc43)ncc21. The molecule has 1 aliphatic rings. The summed E-state index contributed by atoms with van der Waals surface area (Å²) in [5, 5.41) is 9.29. The highest BCUT2D eigenvalue weighted by atomic mass is 19.1. The number of ether oxygens (including phenoxy) is 1. The third-order valence-corrected chi connectivity index (χ3v) is 5.95. The molecule has 0 saturated heterocycles. The van der Waals surface area contributed by atoms with Crippen molar-refractivity contribution in [3.05, 3.63) is 76.6 Å². The minimum atomic E-state index is -0.695. The zero-order valence-corrected chi connectivity index (χ0v) is 17.5. The highest BCUT2D eigenvalue weighted by molar-refractivity contribution is 5.78. The number of rotatable bonds is 3. The molecule has 0 spiro atoms. The fourth-order valence-electron chi connectivity index (χ4n) is 4.46. The van der Waals surface area contributed by atoms with Crippen LogP contribution in [0.5, 0.6) is 5.75 Å². The van der Waals surface area contributed by atoms with Gasteiger partial charge < -0.3 is 4.74 Å². The van der Waals surface area contributed by atoms with Crippen molar-refractivity contribution in [2.75, 3.05) is 6.61 Å². The number of hydrogen-bond donors (Lipinski definition) is 0. The number of benzene rings is 2. The molecule has 0 radical (unpaired) electrons. The highest BCUT2D eigenvalue weighted by Gasteiger charge is 2.31. The number of halogens is 2. The van der Waals surface area contributed by atoms with Crippen molar-refractivity contribution in [2.45, 2.75) is 19.0 Å². The molecule has 5 aromatic rings. The summed E-state index contributed by atoms with van der Waals surface area (Å²) in [5.41, 5.74) is 1.30. The summed E-state index contributed by atoms with van der Waals surface area (Å²) in [7, 11) is 0. The van der Waals surface area contributed by atoms with Gasteiger partial charge in [-0.3, -0.25) is 13.7 Å². The van der Waals surface area contributed by atoms with Crippen LogP contribution in [0.3, 0.4) is 0 Å². The fourth-order valence-corrected chi connectivity index (χ4v) is 4.46. The van der Waals surface area contributed by atoms with E-state index in [1.54, 1.807) is 18.2 Å². The van der Waals surface area contributed by atoms with Crippen LogP contribution in [-0.2, 0) is 6.54 Å². The molecule has 11 heteroatoms. The Balaban J connectivity index is 1.63. The Morgan fingerprint density at radius 2 is 2.06 bits per heavy atom. The van der Waals surface area contributed by atoms with Crippen LogP contribution in [0.15, 0.2) is 53.7 Å². The van der Waals surface area contributed by atoms with Crippen molar-refractivity contribution in [2.24, 2.45) is 0 Å². The number of nitriles is 1. The minimum absolute atomic E-state index is 0.157. The zero-order valence-electron chi connectivity index (χ0n) is 17.5. The number of imidazole rings is 2. The van der Waals surface area contributed by atoms with Gasteiger partial charge in [0, 0.05) is 12.5 Å². The normalized spacial score (nSPS) is 15.3. The monoisotopic (exact) mass is 459 g/mol. The topological polar surface area (TPSA) is 104 Å². The molecule has 0 fully saturated rings. The van der Waals surface area contributed by atoms with Gasteiger partial charge in [-0.15, -0.1) is 0 Å². The van der Waals surface area contributed by atoms with E-state index in [9.17, 15) is 18.8 Å². The molecule has 168 valence electrons. The van der Waals surface area contributed by atoms with Gasteiger partial charge in [-0.2, -0.15) is 10.2 Å². The van der Waals surface area contributed by atoms with E-state index in [1.807, 2.05) is 6.07 Å². The van der Waals surface area contributed by atoms with Gasteiger partial charge in [-0.05, 0) is 24.3 Å². The van der Waals surface area contributed by atoms with Crippen LogP contribution in [0.1, 0.15) is 18.0 Å². The first-order valence-corrected chi connectivity index (χ1v) is 10.5. The molecule has 4 heterocycles. The maximum atomic E-state index is 14.9. The van der Waals surface area contributed by atoms with Crippen molar-refractivity contribution in [3.63, 3.8) is 0 Å². The van der Waals surface area contributed by atoms with Gasteiger partial charge in [-0.25, -0.2) is 23.5 Å². The summed E-state index contributed by atoms with van der Waals surface area (Å²) in [6, 6.07) is 9.95. The van der Waals surface area contributed by atoms with E-state index in [2.05, 4.69) is 15.0 Å².